The molecule has 2 amide bonds. The Balaban J connectivity index is 1.30. The van der Waals surface area contributed by atoms with Gasteiger partial charge in [-0.3, -0.25) is 10.1 Å². The number of benzene rings is 3. The van der Waals surface area contributed by atoms with Crippen molar-refractivity contribution in [2.75, 3.05) is 5.32 Å². The van der Waals surface area contributed by atoms with Crippen molar-refractivity contribution in [1.82, 2.24) is 5.32 Å². The first-order valence-corrected chi connectivity index (χ1v) is 10.5. The van der Waals surface area contributed by atoms with Crippen LogP contribution >= 0.6 is 0 Å². The molecule has 0 aliphatic heterocycles. The van der Waals surface area contributed by atoms with Crippen LogP contribution in [0, 0.1) is 0 Å². The van der Waals surface area contributed by atoms with Gasteiger partial charge in [-0.25, -0.2) is 4.79 Å². The average Bonchev–Trinajstić information content (AvgIpc) is 2.75. The molecule has 1 aliphatic carbocycles. The highest BCUT2D eigenvalue weighted by molar-refractivity contribution is 5.90. The molecule has 3 aromatic rings. The number of carbonyl (C=O) groups is 2. The summed E-state index contributed by atoms with van der Waals surface area (Å²) in [5, 5.41) is 8.13. The van der Waals surface area contributed by atoms with E-state index < -0.39 is 6.09 Å². The van der Waals surface area contributed by atoms with E-state index in [1.807, 2.05) is 60.7 Å². The fourth-order valence-corrected chi connectivity index (χ4v) is 4.10. The predicted molar refractivity (Wildman–Crippen MR) is 118 cm³/mol. The standard InChI is InChI=1S/C25H26N2O3/c28-24(16-19-10-6-9-18-8-4-5-15-23(18)19)26-21-13-7-14-22(17-21)30-25(29)27-20-11-2-1-3-12-20/h1-6,8-12,15,21-22H,7,13-14,16-17H2,(H,26,28)(H,27,29). The lowest BCUT2D eigenvalue weighted by molar-refractivity contribution is -0.121. The number of nitrogens with one attached hydrogen (secondary N) is 2. The van der Waals surface area contributed by atoms with Crippen LogP contribution in [-0.2, 0) is 16.0 Å². The van der Waals surface area contributed by atoms with E-state index in [1.54, 1.807) is 0 Å². The van der Waals surface area contributed by atoms with Gasteiger partial charge in [0.2, 0.25) is 5.91 Å². The molecule has 3 aromatic carbocycles. The predicted octanol–water partition coefficient (Wildman–Crippen LogP) is 5.06. The normalized spacial score (nSPS) is 18.5. The summed E-state index contributed by atoms with van der Waals surface area (Å²) < 4.78 is 5.58. The molecule has 30 heavy (non-hydrogen) atoms. The second kappa shape index (κ2) is 9.44. The lowest BCUT2D eigenvalue weighted by Gasteiger charge is -2.29. The summed E-state index contributed by atoms with van der Waals surface area (Å²) in [7, 11) is 0. The van der Waals surface area contributed by atoms with E-state index in [0.717, 1.165) is 35.6 Å². The van der Waals surface area contributed by atoms with E-state index in [1.165, 1.54) is 0 Å². The second-order valence-corrected chi connectivity index (χ2v) is 7.76. The second-order valence-electron chi connectivity index (χ2n) is 7.76. The quantitative estimate of drug-likeness (QED) is 0.627. The third-order valence-electron chi connectivity index (χ3n) is 5.52. The van der Waals surface area contributed by atoms with E-state index in [2.05, 4.69) is 22.8 Å². The van der Waals surface area contributed by atoms with Gasteiger partial charge in [0.05, 0.1) is 6.42 Å². The maximum Gasteiger partial charge on any atom is 0.411 e. The molecule has 0 spiro atoms. The summed E-state index contributed by atoms with van der Waals surface area (Å²) in [6, 6.07) is 23.4. The molecule has 5 heteroatoms. The summed E-state index contributed by atoms with van der Waals surface area (Å²) >= 11 is 0. The molecule has 0 bridgehead atoms. The van der Waals surface area contributed by atoms with Crippen molar-refractivity contribution in [1.29, 1.82) is 0 Å². The molecule has 2 unspecified atom stereocenters. The minimum atomic E-state index is -0.450. The van der Waals surface area contributed by atoms with Crippen LogP contribution in [-0.4, -0.2) is 24.1 Å². The SMILES string of the molecule is O=C(Cc1cccc2ccccc12)NC1CCCC(OC(=O)Nc2ccccc2)C1. The Morgan fingerprint density at radius 2 is 1.67 bits per heavy atom. The minimum absolute atomic E-state index is 0.00531. The first-order chi connectivity index (χ1) is 14.7. The highest BCUT2D eigenvalue weighted by atomic mass is 16.6. The van der Waals surface area contributed by atoms with Crippen LogP contribution in [0.2, 0.25) is 0 Å². The monoisotopic (exact) mass is 402 g/mol. The van der Waals surface area contributed by atoms with E-state index in [4.69, 9.17) is 4.74 Å². The molecule has 1 fully saturated rings. The molecule has 0 radical (unpaired) electrons. The Morgan fingerprint density at radius 3 is 2.53 bits per heavy atom. The molecule has 154 valence electrons. The van der Waals surface area contributed by atoms with Crippen molar-refractivity contribution in [3.05, 3.63) is 78.4 Å². The lowest BCUT2D eigenvalue weighted by Crippen LogP contribution is -2.41. The molecule has 0 heterocycles. The number of ether oxygens (including phenoxy) is 1. The summed E-state index contributed by atoms with van der Waals surface area (Å²) in [6.45, 7) is 0. The molecule has 5 nitrogen and oxygen atoms in total. The number of para-hydroxylation sites is 1. The zero-order valence-corrected chi connectivity index (χ0v) is 16.8. The van der Waals surface area contributed by atoms with Crippen LogP contribution < -0.4 is 10.6 Å². The van der Waals surface area contributed by atoms with E-state index in [9.17, 15) is 9.59 Å². The Hall–Kier alpha value is -3.34. The molecule has 1 saturated carbocycles. The topological polar surface area (TPSA) is 67.4 Å². The third-order valence-corrected chi connectivity index (χ3v) is 5.52. The van der Waals surface area contributed by atoms with Crippen molar-refractivity contribution >= 4 is 28.5 Å². The van der Waals surface area contributed by atoms with Gasteiger partial charge in [-0.1, -0.05) is 60.7 Å². The highest BCUT2D eigenvalue weighted by Gasteiger charge is 2.26. The number of amides is 2. The summed E-state index contributed by atoms with van der Waals surface area (Å²) in [4.78, 5) is 24.8. The smallest absolute Gasteiger partial charge is 0.411 e. The van der Waals surface area contributed by atoms with Gasteiger partial charge in [0.15, 0.2) is 0 Å². The fourth-order valence-electron chi connectivity index (χ4n) is 4.10. The van der Waals surface area contributed by atoms with E-state index >= 15 is 0 Å². The van der Waals surface area contributed by atoms with Gasteiger partial charge in [-0.05, 0) is 47.7 Å². The number of rotatable bonds is 5. The highest BCUT2D eigenvalue weighted by Crippen LogP contribution is 2.23. The van der Waals surface area contributed by atoms with Crippen LogP contribution in [0.5, 0.6) is 0 Å². The summed E-state index contributed by atoms with van der Waals surface area (Å²) in [6.07, 6.45) is 2.99. The Labute approximate surface area is 176 Å². The van der Waals surface area contributed by atoms with Crippen molar-refractivity contribution in [3.8, 4) is 0 Å². The largest absolute Gasteiger partial charge is 0.446 e. The Morgan fingerprint density at radius 1 is 0.900 bits per heavy atom. The van der Waals surface area contributed by atoms with Gasteiger partial charge in [0.25, 0.3) is 0 Å². The Bertz CT molecular complexity index is 1010. The number of fused-ring (bicyclic) bond motifs is 1. The number of carbonyl (C=O) groups excluding carboxylic acids is 2. The van der Waals surface area contributed by atoms with Crippen molar-refractivity contribution in [2.45, 2.75) is 44.2 Å². The number of hydrogen-bond donors (Lipinski definition) is 2. The zero-order valence-electron chi connectivity index (χ0n) is 16.8. The first-order valence-electron chi connectivity index (χ1n) is 10.5. The lowest BCUT2D eigenvalue weighted by atomic mass is 9.92. The Kier molecular flexibility index (Phi) is 6.28. The molecule has 4 rings (SSSR count). The summed E-state index contributed by atoms with van der Waals surface area (Å²) in [5.41, 5.74) is 1.73. The van der Waals surface area contributed by atoms with Gasteiger partial charge < -0.3 is 10.1 Å². The summed E-state index contributed by atoms with van der Waals surface area (Å²) in [5.74, 6) is 0.00531. The van der Waals surface area contributed by atoms with Crippen LogP contribution in [0.25, 0.3) is 10.8 Å². The maximum atomic E-state index is 12.7. The molecular formula is C25H26N2O3. The fraction of sp³-hybridized carbons (Fsp3) is 0.280. The molecular weight excluding hydrogens is 376 g/mol. The molecule has 0 saturated heterocycles. The van der Waals surface area contributed by atoms with Gasteiger partial charge in [0, 0.05) is 18.2 Å². The van der Waals surface area contributed by atoms with Gasteiger partial charge in [-0.15, -0.1) is 0 Å². The van der Waals surface area contributed by atoms with Crippen molar-refractivity contribution < 1.29 is 14.3 Å². The first kappa shape index (κ1) is 20.0. The number of hydrogen-bond acceptors (Lipinski definition) is 3. The molecule has 2 N–H and O–H groups in total. The maximum absolute atomic E-state index is 12.7. The van der Waals surface area contributed by atoms with Crippen molar-refractivity contribution in [2.24, 2.45) is 0 Å². The minimum Gasteiger partial charge on any atom is -0.446 e. The van der Waals surface area contributed by atoms with Crippen molar-refractivity contribution in [3.63, 3.8) is 0 Å². The van der Waals surface area contributed by atoms with Crippen LogP contribution in [0.1, 0.15) is 31.2 Å². The van der Waals surface area contributed by atoms with Gasteiger partial charge >= 0.3 is 6.09 Å². The third kappa shape index (κ3) is 5.17. The van der Waals surface area contributed by atoms with E-state index in [0.29, 0.717) is 18.5 Å². The molecule has 2 atom stereocenters. The van der Waals surface area contributed by atoms with Gasteiger partial charge in [0.1, 0.15) is 6.10 Å². The molecule has 0 aromatic heterocycles. The molecule has 1 aliphatic rings. The van der Waals surface area contributed by atoms with Crippen LogP contribution in [0.4, 0.5) is 10.5 Å². The zero-order chi connectivity index (χ0) is 20.8. The van der Waals surface area contributed by atoms with Gasteiger partial charge in [-0.2, -0.15) is 0 Å². The van der Waals surface area contributed by atoms with E-state index in [-0.39, 0.29) is 18.1 Å². The van der Waals surface area contributed by atoms with Crippen LogP contribution in [0.15, 0.2) is 72.8 Å². The average molecular weight is 402 g/mol. The number of anilines is 1. The van der Waals surface area contributed by atoms with Crippen LogP contribution in [0.3, 0.4) is 0 Å².